The number of hydrogen-bond acceptors (Lipinski definition) is 2. The molecule has 2 aromatic carbocycles. The van der Waals surface area contributed by atoms with E-state index in [0.29, 0.717) is 12.1 Å². The normalized spacial score (nSPS) is 10.9. The van der Waals surface area contributed by atoms with Gasteiger partial charge in [-0.05, 0) is 29.3 Å². The molecular weight excluding hydrogens is 334 g/mol. The van der Waals surface area contributed by atoms with Crippen molar-refractivity contribution in [1.29, 1.82) is 0 Å². The molecule has 27 heavy (non-hydrogen) atoms. The number of benzene rings is 2. The first kappa shape index (κ1) is 17.0. The third kappa shape index (κ3) is 3.75. The molecule has 1 N–H and O–H groups in total. The van der Waals surface area contributed by atoms with Crippen molar-refractivity contribution in [2.75, 3.05) is 0 Å². The van der Waals surface area contributed by atoms with Crippen molar-refractivity contribution in [3.63, 3.8) is 0 Å². The first-order chi connectivity index (χ1) is 13.2. The minimum absolute atomic E-state index is 0.108. The molecule has 0 aliphatic rings. The number of rotatable bonds is 5. The molecule has 0 bridgehead atoms. The maximum Gasteiger partial charge on any atom is 0.253 e. The number of fused-ring (bicyclic) bond motifs is 1. The maximum absolute atomic E-state index is 12.3. The van der Waals surface area contributed by atoms with Gasteiger partial charge in [-0.3, -0.25) is 9.78 Å². The molecular formula is C23H21N3O. The zero-order chi connectivity index (χ0) is 18.6. The number of amides is 1. The third-order valence-corrected chi connectivity index (χ3v) is 4.73. The first-order valence-corrected chi connectivity index (χ1v) is 9.01. The second kappa shape index (κ2) is 7.46. The van der Waals surface area contributed by atoms with Crippen molar-refractivity contribution in [3.05, 3.63) is 102 Å². The van der Waals surface area contributed by atoms with Crippen molar-refractivity contribution in [3.8, 4) is 0 Å². The van der Waals surface area contributed by atoms with Crippen LogP contribution in [0.15, 0.2) is 79.1 Å². The van der Waals surface area contributed by atoms with Crippen LogP contribution in [0, 0.1) is 0 Å². The molecule has 0 radical (unpaired) electrons. The van der Waals surface area contributed by atoms with Crippen molar-refractivity contribution in [2.45, 2.75) is 13.0 Å². The Morgan fingerprint density at radius 1 is 1.00 bits per heavy atom. The van der Waals surface area contributed by atoms with Crippen LogP contribution in [0.2, 0.25) is 0 Å². The summed E-state index contributed by atoms with van der Waals surface area (Å²) >= 11 is 0. The van der Waals surface area contributed by atoms with Crippen LogP contribution in [-0.2, 0) is 20.0 Å². The van der Waals surface area contributed by atoms with E-state index in [2.05, 4.69) is 46.3 Å². The standard InChI is InChI=1S/C23H21N3O/c1-26-16-19(21-9-5-6-10-22(21)26)13-20-12-11-18(15-24-20)23(27)25-14-17-7-3-2-4-8-17/h2-12,15-16H,13-14H2,1H3,(H,25,27). The molecule has 2 aromatic heterocycles. The molecule has 0 atom stereocenters. The van der Waals surface area contributed by atoms with Gasteiger partial charge in [0.2, 0.25) is 0 Å². The SMILES string of the molecule is Cn1cc(Cc2ccc(C(=O)NCc3ccccc3)cn2)c2ccccc21. The van der Waals surface area contributed by atoms with E-state index in [0.717, 1.165) is 17.7 Å². The molecule has 134 valence electrons. The Morgan fingerprint density at radius 2 is 1.78 bits per heavy atom. The number of para-hydroxylation sites is 1. The number of hydrogen-bond donors (Lipinski definition) is 1. The highest BCUT2D eigenvalue weighted by atomic mass is 16.1. The summed E-state index contributed by atoms with van der Waals surface area (Å²) < 4.78 is 2.13. The fourth-order valence-corrected chi connectivity index (χ4v) is 3.31. The summed E-state index contributed by atoms with van der Waals surface area (Å²) in [6, 6.07) is 22.0. The zero-order valence-electron chi connectivity index (χ0n) is 15.2. The van der Waals surface area contributed by atoms with Gasteiger partial charge in [0.25, 0.3) is 5.91 Å². The topological polar surface area (TPSA) is 46.9 Å². The summed E-state index contributed by atoms with van der Waals surface area (Å²) in [5.74, 6) is -0.108. The van der Waals surface area contributed by atoms with Gasteiger partial charge in [0.15, 0.2) is 0 Å². The summed E-state index contributed by atoms with van der Waals surface area (Å²) in [5, 5.41) is 4.17. The average molecular weight is 355 g/mol. The summed E-state index contributed by atoms with van der Waals surface area (Å²) in [6.07, 6.45) is 4.54. The van der Waals surface area contributed by atoms with Crippen LogP contribution in [0.4, 0.5) is 0 Å². The van der Waals surface area contributed by atoms with Gasteiger partial charge in [-0.2, -0.15) is 0 Å². The van der Waals surface area contributed by atoms with Gasteiger partial charge >= 0.3 is 0 Å². The number of carbonyl (C=O) groups is 1. The van der Waals surface area contributed by atoms with Crippen LogP contribution in [0.3, 0.4) is 0 Å². The smallest absolute Gasteiger partial charge is 0.253 e. The fraction of sp³-hybridized carbons (Fsp3) is 0.130. The Labute approximate surface area is 158 Å². The molecule has 4 heteroatoms. The lowest BCUT2D eigenvalue weighted by atomic mass is 10.1. The van der Waals surface area contributed by atoms with Gasteiger partial charge in [0.05, 0.1) is 5.56 Å². The number of nitrogens with zero attached hydrogens (tertiary/aromatic N) is 2. The van der Waals surface area contributed by atoms with Crippen LogP contribution in [0.1, 0.15) is 27.2 Å². The molecule has 0 saturated carbocycles. The summed E-state index contributed by atoms with van der Waals surface area (Å²) in [5.41, 5.74) is 5.05. The molecule has 0 spiro atoms. The quantitative estimate of drug-likeness (QED) is 0.586. The third-order valence-electron chi connectivity index (χ3n) is 4.73. The Bertz CT molecular complexity index is 1070. The largest absolute Gasteiger partial charge is 0.350 e. The predicted octanol–water partition coefficient (Wildman–Crippen LogP) is 4.09. The summed E-state index contributed by atoms with van der Waals surface area (Å²) in [7, 11) is 2.05. The number of nitrogens with one attached hydrogen (secondary N) is 1. The van der Waals surface area contributed by atoms with Crippen molar-refractivity contribution in [1.82, 2.24) is 14.9 Å². The molecule has 1 amide bonds. The van der Waals surface area contributed by atoms with E-state index in [9.17, 15) is 4.79 Å². The highest BCUT2D eigenvalue weighted by Crippen LogP contribution is 2.22. The molecule has 4 aromatic rings. The van der Waals surface area contributed by atoms with E-state index in [1.165, 1.54) is 16.5 Å². The van der Waals surface area contributed by atoms with Gasteiger partial charge in [-0.25, -0.2) is 0 Å². The Balaban J connectivity index is 1.44. The van der Waals surface area contributed by atoms with Gasteiger partial charge in [0, 0.05) is 49.0 Å². The van der Waals surface area contributed by atoms with Crippen LogP contribution < -0.4 is 5.32 Å². The highest BCUT2D eigenvalue weighted by molar-refractivity contribution is 5.93. The van der Waals surface area contributed by atoms with Gasteiger partial charge in [-0.15, -0.1) is 0 Å². The van der Waals surface area contributed by atoms with Crippen molar-refractivity contribution < 1.29 is 4.79 Å². The van der Waals surface area contributed by atoms with Gasteiger partial charge in [-0.1, -0.05) is 48.5 Å². The fourth-order valence-electron chi connectivity index (χ4n) is 3.31. The van der Waals surface area contributed by atoms with Crippen molar-refractivity contribution in [2.24, 2.45) is 7.05 Å². The van der Waals surface area contributed by atoms with Gasteiger partial charge in [0.1, 0.15) is 0 Å². The lowest BCUT2D eigenvalue weighted by molar-refractivity contribution is 0.0950. The molecule has 0 aliphatic carbocycles. The van der Waals surface area contributed by atoms with Crippen LogP contribution >= 0.6 is 0 Å². The molecule has 0 saturated heterocycles. The average Bonchev–Trinajstić information content (AvgIpc) is 3.03. The lowest BCUT2D eigenvalue weighted by Gasteiger charge is -2.06. The zero-order valence-corrected chi connectivity index (χ0v) is 15.2. The molecule has 2 heterocycles. The molecule has 4 nitrogen and oxygen atoms in total. The summed E-state index contributed by atoms with van der Waals surface area (Å²) in [4.78, 5) is 16.8. The minimum Gasteiger partial charge on any atom is -0.350 e. The molecule has 4 rings (SSSR count). The molecule has 0 unspecified atom stereocenters. The second-order valence-corrected chi connectivity index (χ2v) is 6.67. The van der Waals surface area contributed by atoms with E-state index in [4.69, 9.17) is 0 Å². The monoisotopic (exact) mass is 355 g/mol. The Morgan fingerprint density at radius 3 is 2.56 bits per heavy atom. The Hall–Kier alpha value is -3.40. The van der Waals surface area contributed by atoms with E-state index >= 15 is 0 Å². The Kier molecular flexibility index (Phi) is 4.71. The number of aryl methyl sites for hydroxylation is 1. The lowest BCUT2D eigenvalue weighted by Crippen LogP contribution is -2.22. The van der Waals surface area contributed by atoms with E-state index in [-0.39, 0.29) is 5.91 Å². The summed E-state index contributed by atoms with van der Waals surface area (Å²) in [6.45, 7) is 0.511. The van der Waals surface area contributed by atoms with Gasteiger partial charge < -0.3 is 9.88 Å². The van der Waals surface area contributed by atoms with E-state index in [1.54, 1.807) is 6.20 Å². The minimum atomic E-state index is -0.108. The first-order valence-electron chi connectivity index (χ1n) is 9.01. The van der Waals surface area contributed by atoms with Crippen LogP contribution in [-0.4, -0.2) is 15.5 Å². The predicted molar refractivity (Wildman–Crippen MR) is 108 cm³/mol. The van der Waals surface area contributed by atoms with E-state index in [1.807, 2.05) is 48.5 Å². The molecule has 0 aliphatic heterocycles. The molecule has 0 fully saturated rings. The van der Waals surface area contributed by atoms with E-state index < -0.39 is 0 Å². The number of pyridine rings is 1. The number of aromatic nitrogens is 2. The second-order valence-electron chi connectivity index (χ2n) is 6.67. The van der Waals surface area contributed by atoms with Crippen LogP contribution in [0.5, 0.6) is 0 Å². The highest BCUT2D eigenvalue weighted by Gasteiger charge is 2.09. The van der Waals surface area contributed by atoms with Crippen molar-refractivity contribution >= 4 is 16.8 Å². The maximum atomic E-state index is 12.3. The van der Waals surface area contributed by atoms with Crippen LogP contribution in [0.25, 0.3) is 10.9 Å². The number of carbonyl (C=O) groups excluding carboxylic acids is 1.